The van der Waals surface area contributed by atoms with Crippen LogP contribution < -0.4 is 10.6 Å². The highest BCUT2D eigenvalue weighted by Crippen LogP contribution is 2.29. The number of carbonyl (C=O) groups is 4. The van der Waals surface area contributed by atoms with E-state index in [-0.39, 0.29) is 37.5 Å². The van der Waals surface area contributed by atoms with Gasteiger partial charge in [-0.2, -0.15) is 0 Å². The van der Waals surface area contributed by atoms with Crippen molar-refractivity contribution in [3.63, 3.8) is 0 Å². The van der Waals surface area contributed by atoms with Crippen molar-refractivity contribution in [2.24, 2.45) is 0 Å². The number of fused-ring (bicyclic) bond motifs is 1. The highest BCUT2D eigenvalue weighted by Gasteiger charge is 2.13. The van der Waals surface area contributed by atoms with Gasteiger partial charge in [0.2, 0.25) is 11.8 Å². The smallest absolute Gasteiger partial charge is 0.306 e. The molecule has 0 aliphatic carbocycles. The molecular weight excluding hydrogens is 556 g/mol. The van der Waals surface area contributed by atoms with Crippen LogP contribution >= 0.6 is 0 Å². The Balaban J connectivity index is 1.18. The van der Waals surface area contributed by atoms with E-state index < -0.39 is 11.9 Å². The van der Waals surface area contributed by atoms with Crippen molar-refractivity contribution in [1.82, 2.24) is 0 Å². The number of esters is 2. The van der Waals surface area contributed by atoms with Gasteiger partial charge in [0, 0.05) is 35.0 Å². The summed E-state index contributed by atoms with van der Waals surface area (Å²) in [5.41, 5.74) is 3.51. The van der Waals surface area contributed by atoms with E-state index in [9.17, 15) is 19.2 Å². The van der Waals surface area contributed by atoms with Gasteiger partial charge in [0.05, 0.1) is 26.1 Å². The molecular formula is C36H38N2O6. The van der Waals surface area contributed by atoms with E-state index in [4.69, 9.17) is 9.47 Å². The lowest BCUT2D eigenvalue weighted by molar-refractivity contribution is -0.145. The van der Waals surface area contributed by atoms with Gasteiger partial charge >= 0.3 is 11.9 Å². The summed E-state index contributed by atoms with van der Waals surface area (Å²) in [5.74, 6) is -1.44. The van der Waals surface area contributed by atoms with Gasteiger partial charge in [-0.3, -0.25) is 19.2 Å². The summed E-state index contributed by atoms with van der Waals surface area (Å²) in [6, 6.07) is 30.7. The third-order valence-corrected chi connectivity index (χ3v) is 7.01. The molecule has 4 rings (SSSR count). The van der Waals surface area contributed by atoms with Gasteiger partial charge in [0.1, 0.15) is 0 Å². The van der Waals surface area contributed by atoms with E-state index in [1.54, 1.807) is 24.3 Å². The minimum atomic E-state index is -0.410. The van der Waals surface area contributed by atoms with E-state index >= 15 is 0 Å². The Kier molecular flexibility index (Phi) is 12.5. The largest absolute Gasteiger partial charge is 0.466 e. The monoisotopic (exact) mass is 594 g/mol. The van der Waals surface area contributed by atoms with Gasteiger partial charge in [0.25, 0.3) is 0 Å². The average molecular weight is 595 g/mol. The molecule has 0 saturated carbocycles. The van der Waals surface area contributed by atoms with E-state index in [1.165, 1.54) is 11.1 Å². The van der Waals surface area contributed by atoms with Crippen molar-refractivity contribution >= 4 is 45.9 Å². The second-order valence-corrected chi connectivity index (χ2v) is 10.4. The van der Waals surface area contributed by atoms with Crippen LogP contribution in [0.2, 0.25) is 0 Å². The summed E-state index contributed by atoms with van der Waals surface area (Å²) < 4.78 is 10.5. The molecule has 2 N–H and O–H groups in total. The second-order valence-electron chi connectivity index (χ2n) is 10.4. The Labute approximate surface area is 257 Å². The van der Waals surface area contributed by atoms with Gasteiger partial charge in [-0.1, -0.05) is 84.9 Å². The van der Waals surface area contributed by atoms with Crippen LogP contribution in [0.4, 0.5) is 11.4 Å². The molecule has 4 aromatic rings. The number of aryl methyl sites for hydroxylation is 2. The lowest BCUT2D eigenvalue weighted by Gasteiger charge is -2.13. The molecule has 0 unspecified atom stereocenters. The van der Waals surface area contributed by atoms with Crippen molar-refractivity contribution in [1.29, 1.82) is 0 Å². The molecule has 4 aromatic carbocycles. The lowest BCUT2D eigenvalue weighted by atomic mass is 10.1. The van der Waals surface area contributed by atoms with E-state index in [0.717, 1.165) is 36.5 Å². The fraction of sp³-hybridized carbons (Fsp3) is 0.278. The third kappa shape index (κ3) is 10.7. The maximum Gasteiger partial charge on any atom is 0.306 e. The Hall–Kier alpha value is -4.98. The van der Waals surface area contributed by atoms with Crippen molar-refractivity contribution in [2.45, 2.75) is 51.4 Å². The number of nitrogens with one attached hydrogen (secondary N) is 2. The lowest BCUT2D eigenvalue weighted by Crippen LogP contribution is -2.16. The van der Waals surface area contributed by atoms with Gasteiger partial charge in [-0.15, -0.1) is 0 Å². The summed E-state index contributed by atoms with van der Waals surface area (Å²) in [7, 11) is 0. The van der Waals surface area contributed by atoms with Crippen molar-refractivity contribution < 1.29 is 28.7 Å². The number of carbonyl (C=O) groups excluding carboxylic acids is 4. The number of hydrogen-bond acceptors (Lipinski definition) is 6. The van der Waals surface area contributed by atoms with E-state index in [0.29, 0.717) is 24.6 Å². The zero-order valence-electron chi connectivity index (χ0n) is 24.8. The number of benzene rings is 4. The van der Waals surface area contributed by atoms with Crippen LogP contribution in [0.3, 0.4) is 0 Å². The third-order valence-electron chi connectivity index (χ3n) is 7.01. The summed E-state index contributed by atoms with van der Waals surface area (Å²) in [6.07, 6.45) is 3.03. The fourth-order valence-electron chi connectivity index (χ4n) is 4.74. The molecule has 8 heteroatoms. The predicted molar refractivity (Wildman–Crippen MR) is 171 cm³/mol. The first-order chi connectivity index (χ1) is 21.5. The van der Waals surface area contributed by atoms with Gasteiger partial charge in [0.15, 0.2) is 0 Å². The molecule has 0 radical (unpaired) electrons. The maximum atomic E-state index is 12.6. The standard InChI is InChI=1S/C36H38N2O6/c39-33(21-23-35(41)43-25-9-15-27-11-3-1-4-12-27)37-31-19-7-18-30-29(31)17-8-20-32(30)38-34(40)22-24-36(42)44-26-10-16-28-13-5-2-6-14-28/h1-8,11-14,17-20H,9-10,15-16,21-26H2,(H,37,39)(H,38,40). The van der Waals surface area contributed by atoms with Crippen LogP contribution in [0.25, 0.3) is 10.8 Å². The number of amides is 2. The second kappa shape index (κ2) is 17.2. The summed E-state index contributed by atoms with van der Waals surface area (Å²) in [5, 5.41) is 7.20. The molecule has 0 heterocycles. The normalized spacial score (nSPS) is 10.6. The van der Waals surface area contributed by atoms with Crippen molar-refractivity contribution in [2.75, 3.05) is 23.8 Å². The first kappa shape index (κ1) is 31.9. The van der Waals surface area contributed by atoms with E-state index in [1.807, 2.05) is 72.8 Å². The SMILES string of the molecule is O=C(CCC(=O)OCCCc1ccccc1)Nc1cccc2c(NC(=O)CCC(=O)OCCCc3ccccc3)cccc12. The van der Waals surface area contributed by atoms with Crippen LogP contribution in [-0.2, 0) is 41.5 Å². The van der Waals surface area contributed by atoms with Gasteiger partial charge in [-0.05, 0) is 48.9 Å². The van der Waals surface area contributed by atoms with Crippen LogP contribution in [0.1, 0.15) is 49.7 Å². The summed E-state index contributed by atoms with van der Waals surface area (Å²) >= 11 is 0. The average Bonchev–Trinajstić information content (AvgIpc) is 3.04. The number of ether oxygens (including phenoxy) is 2. The van der Waals surface area contributed by atoms with Crippen LogP contribution in [0, 0.1) is 0 Å². The zero-order valence-corrected chi connectivity index (χ0v) is 24.8. The molecule has 0 bridgehead atoms. The molecule has 0 aromatic heterocycles. The Morgan fingerprint density at radius 2 is 0.886 bits per heavy atom. The number of anilines is 2. The highest BCUT2D eigenvalue weighted by atomic mass is 16.5. The Morgan fingerprint density at radius 3 is 1.30 bits per heavy atom. The number of rotatable bonds is 16. The first-order valence-electron chi connectivity index (χ1n) is 15.0. The van der Waals surface area contributed by atoms with Gasteiger partial charge < -0.3 is 20.1 Å². The van der Waals surface area contributed by atoms with Crippen molar-refractivity contribution in [3.05, 3.63) is 108 Å². The van der Waals surface area contributed by atoms with E-state index in [2.05, 4.69) is 10.6 Å². The molecule has 228 valence electrons. The molecule has 0 aliphatic heterocycles. The van der Waals surface area contributed by atoms with Crippen LogP contribution in [0.5, 0.6) is 0 Å². The van der Waals surface area contributed by atoms with Gasteiger partial charge in [-0.25, -0.2) is 0 Å². The van der Waals surface area contributed by atoms with Crippen molar-refractivity contribution in [3.8, 4) is 0 Å². The maximum absolute atomic E-state index is 12.6. The molecule has 0 spiro atoms. The van der Waals surface area contributed by atoms with Crippen LogP contribution in [-0.4, -0.2) is 37.0 Å². The molecule has 0 fully saturated rings. The summed E-state index contributed by atoms with van der Waals surface area (Å²) in [4.78, 5) is 49.5. The minimum absolute atomic E-state index is 0.00725. The molecule has 8 nitrogen and oxygen atoms in total. The molecule has 0 atom stereocenters. The molecule has 0 aliphatic rings. The number of hydrogen-bond donors (Lipinski definition) is 2. The Bertz CT molecular complexity index is 1420. The van der Waals surface area contributed by atoms with Crippen LogP contribution in [0.15, 0.2) is 97.1 Å². The Morgan fingerprint density at radius 1 is 0.477 bits per heavy atom. The topological polar surface area (TPSA) is 111 Å². The summed E-state index contributed by atoms with van der Waals surface area (Å²) in [6.45, 7) is 0.617. The molecule has 44 heavy (non-hydrogen) atoms. The first-order valence-corrected chi connectivity index (χ1v) is 15.0. The zero-order chi connectivity index (χ0) is 31.0. The minimum Gasteiger partial charge on any atom is -0.466 e. The molecule has 0 saturated heterocycles. The molecule has 2 amide bonds. The fourth-order valence-corrected chi connectivity index (χ4v) is 4.74. The highest BCUT2D eigenvalue weighted by molar-refractivity contribution is 6.09. The predicted octanol–water partition coefficient (Wildman–Crippen LogP) is 6.63. The quantitative estimate of drug-likeness (QED) is 0.111.